The summed E-state index contributed by atoms with van der Waals surface area (Å²) in [5.41, 5.74) is 0.250. The van der Waals surface area contributed by atoms with Crippen LogP contribution in [0.4, 0.5) is 0 Å². The third kappa shape index (κ3) is 4.21. The lowest BCUT2D eigenvalue weighted by Crippen LogP contribution is -2.43. The zero-order valence-corrected chi connectivity index (χ0v) is 11.7. The number of nitrogens with zero attached hydrogens (tertiary/aromatic N) is 1. The molecule has 1 saturated heterocycles. The smallest absolute Gasteiger partial charge is 0.335 e. The zero-order valence-electron chi connectivity index (χ0n) is 11.7. The van der Waals surface area contributed by atoms with Crippen LogP contribution in [0.15, 0.2) is 24.3 Å². The van der Waals surface area contributed by atoms with Gasteiger partial charge < -0.3 is 14.6 Å². The van der Waals surface area contributed by atoms with Gasteiger partial charge in [-0.2, -0.15) is 0 Å². The van der Waals surface area contributed by atoms with E-state index in [9.17, 15) is 4.79 Å². The molecule has 0 amide bonds. The highest BCUT2D eigenvalue weighted by molar-refractivity contribution is 5.87. The maximum absolute atomic E-state index is 10.9. The summed E-state index contributed by atoms with van der Waals surface area (Å²) in [4.78, 5) is 13.2. The van der Waals surface area contributed by atoms with Crippen molar-refractivity contribution in [1.82, 2.24) is 4.90 Å². The average Bonchev–Trinajstić information content (AvgIpc) is 2.48. The second kappa shape index (κ2) is 7.26. The van der Waals surface area contributed by atoms with Crippen LogP contribution in [-0.4, -0.2) is 54.9 Å². The second-order valence-electron chi connectivity index (χ2n) is 4.88. The molecule has 1 aromatic carbocycles. The van der Waals surface area contributed by atoms with Crippen molar-refractivity contribution in [2.75, 3.05) is 32.8 Å². The molecular weight excluding hydrogens is 258 g/mol. The number of carboxylic acids is 1. The van der Waals surface area contributed by atoms with Crippen LogP contribution in [-0.2, 0) is 4.74 Å². The van der Waals surface area contributed by atoms with E-state index in [4.69, 9.17) is 14.6 Å². The average molecular weight is 279 g/mol. The summed E-state index contributed by atoms with van der Waals surface area (Å²) in [6.45, 7) is 6.15. The minimum atomic E-state index is -0.936. The molecule has 1 heterocycles. The first-order valence-electron chi connectivity index (χ1n) is 6.99. The van der Waals surface area contributed by atoms with Gasteiger partial charge in [0.25, 0.3) is 0 Å². The lowest BCUT2D eigenvalue weighted by Gasteiger charge is -2.32. The summed E-state index contributed by atoms with van der Waals surface area (Å²) < 4.78 is 11.2. The number of hydrogen-bond donors (Lipinski definition) is 1. The van der Waals surface area contributed by atoms with Gasteiger partial charge in [-0.1, -0.05) is 13.0 Å². The predicted octanol–water partition coefficient (Wildman–Crippen LogP) is 1.87. The Kier molecular flexibility index (Phi) is 5.38. The molecule has 0 bridgehead atoms. The Bertz CT molecular complexity index is 449. The highest BCUT2D eigenvalue weighted by Crippen LogP contribution is 2.14. The van der Waals surface area contributed by atoms with Gasteiger partial charge in [0.05, 0.1) is 18.3 Å². The van der Waals surface area contributed by atoms with Crippen LogP contribution in [0.25, 0.3) is 0 Å². The molecule has 5 nitrogen and oxygen atoms in total. The van der Waals surface area contributed by atoms with Gasteiger partial charge >= 0.3 is 5.97 Å². The maximum atomic E-state index is 10.9. The number of benzene rings is 1. The molecule has 110 valence electrons. The summed E-state index contributed by atoms with van der Waals surface area (Å²) in [6.07, 6.45) is 1.34. The van der Waals surface area contributed by atoms with Gasteiger partial charge in [0.15, 0.2) is 0 Å². The van der Waals surface area contributed by atoms with E-state index in [1.165, 1.54) is 0 Å². The minimum absolute atomic E-state index is 0.250. The van der Waals surface area contributed by atoms with Gasteiger partial charge in [-0.15, -0.1) is 0 Å². The normalized spacial score (nSPS) is 19.8. The third-order valence-corrected chi connectivity index (χ3v) is 3.44. The molecule has 5 heteroatoms. The molecule has 0 aliphatic carbocycles. The molecule has 1 unspecified atom stereocenters. The van der Waals surface area contributed by atoms with Crippen LogP contribution in [0, 0.1) is 0 Å². The summed E-state index contributed by atoms with van der Waals surface area (Å²) in [6, 6.07) is 6.58. The Balaban J connectivity index is 1.78. The van der Waals surface area contributed by atoms with Crippen molar-refractivity contribution < 1.29 is 19.4 Å². The summed E-state index contributed by atoms with van der Waals surface area (Å²) in [5.74, 6) is -0.334. The van der Waals surface area contributed by atoms with E-state index >= 15 is 0 Å². The van der Waals surface area contributed by atoms with Crippen molar-refractivity contribution in [2.24, 2.45) is 0 Å². The van der Waals surface area contributed by atoms with E-state index in [0.717, 1.165) is 32.7 Å². The van der Waals surface area contributed by atoms with Gasteiger partial charge in [-0.05, 0) is 24.6 Å². The largest absolute Gasteiger partial charge is 0.492 e. The molecule has 1 aliphatic heterocycles. The Morgan fingerprint density at radius 3 is 3.15 bits per heavy atom. The van der Waals surface area contributed by atoms with E-state index in [1.807, 2.05) is 0 Å². The molecule has 2 rings (SSSR count). The number of carboxylic acid groups (broad SMARTS) is 1. The fourth-order valence-corrected chi connectivity index (χ4v) is 2.24. The second-order valence-corrected chi connectivity index (χ2v) is 4.88. The maximum Gasteiger partial charge on any atom is 0.335 e. The van der Waals surface area contributed by atoms with Crippen LogP contribution >= 0.6 is 0 Å². The van der Waals surface area contributed by atoms with Gasteiger partial charge in [0.1, 0.15) is 12.4 Å². The number of aromatic carboxylic acids is 1. The van der Waals surface area contributed by atoms with Crippen LogP contribution in [0.5, 0.6) is 5.75 Å². The molecule has 0 radical (unpaired) electrons. The van der Waals surface area contributed by atoms with Gasteiger partial charge in [0.2, 0.25) is 0 Å². The number of ether oxygens (including phenoxy) is 2. The van der Waals surface area contributed by atoms with E-state index < -0.39 is 5.97 Å². The predicted molar refractivity (Wildman–Crippen MR) is 75.4 cm³/mol. The quantitative estimate of drug-likeness (QED) is 0.861. The standard InChI is InChI=1S/C15H21NO4/c1-2-13-11-16(6-8-19-13)7-9-20-14-5-3-4-12(10-14)15(17)18/h3-5,10,13H,2,6-9,11H2,1H3,(H,17,18). The molecule has 0 spiro atoms. The van der Waals surface area contributed by atoms with Crippen LogP contribution in [0.3, 0.4) is 0 Å². The molecule has 0 aromatic heterocycles. The first kappa shape index (κ1) is 14.8. The molecular formula is C15H21NO4. The molecule has 1 aliphatic rings. The van der Waals surface area contributed by atoms with Crippen molar-refractivity contribution in [3.05, 3.63) is 29.8 Å². The van der Waals surface area contributed by atoms with E-state index in [0.29, 0.717) is 18.5 Å². The molecule has 1 N–H and O–H groups in total. The van der Waals surface area contributed by atoms with Crippen LogP contribution < -0.4 is 4.74 Å². The Morgan fingerprint density at radius 2 is 2.40 bits per heavy atom. The highest BCUT2D eigenvalue weighted by atomic mass is 16.5. The van der Waals surface area contributed by atoms with Crippen molar-refractivity contribution in [2.45, 2.75) is 19.4 Å². The van der Waals surface area contributed by atoms with Crippen LogP contribution in [0.2, 0.25) is 0 Å². The minimum Gasteiger partial charge on any atom is -0.492 e. The summed E-state index contributed by atoms with van der Waals surface area (Å²) in [5, 5.41) is 8.92. The van der Waals surface area contributed by atoms with Crippen LogP contribution in [0.1, 0.15) is 23.7 Å². The fraction of sp³-hybridized carbons (Fsp3) is 0.533. The van der Waals surface area contributed by atoms with Gasteiger partial charge in [-0.3, -0.25) is 4.90 Å². The lowest BCUT2D eigenvalue weighted by atomic mass is 10.2. The number of carbonyl (C=O) groups is 1. The Labute approximate surface area is 119 Å². The monoisotopic (exact) mass is 279 g/mol. The molecule has 0 saturated carbocycles. The topological polar surface area (TPSA) is 59.0 Å². The summed E-state index contributed by atoms with van der Waals surface area (Å²) >= 11 is 0. The van der Waals surface area contributed by atoms with Crippen molar-refractivity contribution in [1.29, 1.82) is 0 Å². The van der Waals surface area contributed by atoms with Gasteiger partial charge in [-0.25, -0.2) is 4.79 Å². The SMILES string of the molecule is CCC1CN(CCOc2cccc(C(=O)O)c2)CCO1. The summed E-state index contributed by atoms with van der Waals surface area (Å²) in [7, 11) is 0. The van der Waals surface area contributed by atoms with Crippen molar-refractivity contribution in [3.8, 4) is 5.75 Å². The fourth-order valence-electron chi connectivity index (χ4n) is 2.24. The third-order valence-electron chi connectivity index (χ3n) is 3.44. The number of rotatable bonds is 6. The van der Waals surface area contributed by atoms with E-state index in [2.05, 4.69) is 11.8 Å². The number of morpholine rings is 1. The van der Waals surface area contributed by atoms with Gasteiger partial charge in [0, 0.05) is 19.6 Å². The first-order valence-corrected chi connectivity index (χ1v) is 6.99. The highest BCUT2D eigenvalue weighted by Gasteiger charge is 2.18. The molecule has 1 aromatic rings. The molecule has 20 heavy (non-hydrogen) atoms. The van der Waals surface area contributed by atoms with Crippen molar-refractivity contribution >= 4 is 5.97 Å². The van der Waals surface area contributed by atoms with E-state index in [1.54, 1.807) is 24.3 Å². The number of hydrogen-bond acceptors (Lipinski definition) is 4. The molecule has 1 fully saturated rings. The lowest BCUT2D eigenvalue weighted by molar-refractivity contribution is -0.0324. The first-order chi connectivity index (χ1) is 9.69. The van der Waals surface area contributed by atoms with Crippen molar-refractivity contribution in [3.63, 3.8) is 0 Å². The Morgan fingerprint density at radius 1 is 1.55 bits per heavy atom. The Hall–Kier alpha value is -1.59. The molecule has 1 atom stereocenters. The van der Waals surface area contributed by atoms with E-state index in [-0.39, 0.29) is 5.56 Å². The zero-order chi connectivity index (χ0) is 14.4.